The monoisotopic (exact) mass is 259 g/mol. The second kappa shape index (κ2) is 6.66. The van der Waals surface area contributed by atoms with Gasteiger partial charge in [0, 0.05) is 19.2 Å². The Kier molecular flexibility index (Phi) is 4.91. The van der Waals surface area contributed by atoms with Crippen LogP contribution in [0.2, 0.25) is 0 Å². The first-order valence-electron chi connectivity index (χ1n) is 6.65. The number of nitrogens with zero attached hydrogens (tertiary/aromatic N) is 1. The van der Waals surface area contributed by atoms with Gasteiger partial charge in [0.05, 0.1) is 6.61 Å². The molecule has 0 aliphatic rings. The van der Waals surface area contributed by atoms with Crippen molar-refractivity contribution in [1.82, 2.24) is 4.90 Å². The Balaban J connectivity index is 2.21. The molecule has 0 saturated heterocycles. The topological polar surface area (TPSA) is 43.7 Å². The van der Waals surface area contributed by atoms with Gasteiger partial charge in [0.25, 0.3) is 0 Å². The highest BCUT2D eigenvalue weighted by atomic mass is 16.3. The molecule has 19 heavy (non-hydrogen) atoms. The molecule has 1 atom stereocenters. The van der Waals surface area contributed by atoms with E-state index in [0.717, 1.165) is 6.54 Å². The highest BCUT2D eigenvalue weighted by molar-refractivity contribution is 5.85. The second-order valence-electron chi connectivity index (χ2n) is 4.90. The SMILES string of the molecule is CN(Cc1cccc2ccccc12)C(CO)CCO. The van der Waals surface area contributed by atoms with E-state index in [1.807, 2.05) is 19.2 Å². The lowest BCUT2D eigenvalue weighted by Crippen LogP contribution is -2.35. The Morgan fingerprint density at radius 3 is 2.53 bits per heavy atom. The molecule has 0 heterocycles. The van der Waals surface area contributed by atoms with Gasteiger partial charge in [0.1, 0.15) is 0 Å². The first kappa shape index (κ1) is 14.0. The van der Waals surface area contributed by atoms with E-state index in [4.69, 9.17) is 5.11 Å². The number of hydrogen-bond acceptors (Lipinski definition) is 3. The fourth-order valence-electron chi connectivity index (χ4n) is 2.43. The number of likely N-dealkylation sites (N-methyl/N-ethyl adjacent to an activating group) is 1. The van der Waals surface area contributed by atoms with Crippen LogP contribution in [0.3, 0.4) is 0 Å². The van der Waals surface area contributed by atoms with E-state index in [9.17, 15) is 5.11 Å². The predicted molar refractivity (Wildman–Crippen MR) is 78.0 cm³/mol. The van der Waals surface area contributed by atoms with Crippen LogP contribution in [0.1, 0.15) is 12.0 Å². The molecule has 0 aliphatic carbocycles. The molecular weight excluding hydrogens is 238 g/mol. The summed E-state index contributed by atoms with van der Waals surface area (Å²) in [5.74, 6) is 0. The molecule has 2 aromatic rings. The second-order valence-corrected chi connectivity index (χ2v) is 4.90. The van der Waals surface area contributed by atoms with Crippen molar-refractivity contribution in [2.45, 2.75) is 19.0 Å². The van der Waals surface area contributed by atoms with Gasteiger partial charge in [-0.3, -0.25) is 4.90 Å². The van der Waals surface area contributed by atoms with Gasteiger partial charge in [-0.15, -0.1) is 0 Å². The van der Waals surface area contributed by atoms with E-state index in [1.54, 1.807) is 0 Å². The molecule has 0 spiro atoms. The van der Waals surface area contributed by atoms with E-state index in [0.29, 0.717) is 6.42 Å². The van der Waals surface area contributed by atoms with Gasteiger partial charge in [0.15, 0.2) is 0 Å². The molecule has 2 N–H and O–H groups in total. The van der Waals surface area contributed by atoms with Crippen molar-refractivity contribution in [2.75, 3.05) is 20.3 Å². The maximum absolute atomic E-state index is 9.37. The minimum atomic E-state index is 0.00367. The Morgan fingerprint density at radius 1 is 1.05 bits per heavy atom. The molecule has 102 valence electrons. The van der Waals surface area contributed by atoms with Gasteiger partial charge in [-0.25, -0.2) is 0 Å². The zero-order valence-corrected chi connectivity index (χ0v) is 11.3. The standard InChI is InChI=1S/C16H21NO2/c1-17(15(12-19)9-10-18)11-14-7-4-6-13-5-2-3-8-16(13)14/h2-8,15,18-19H,9-12H2,1H3. The van der Waals surface area contributed by atoms with E-state index >= 15 is 0 Å². The van der Waals surface area contributed by atoms with Gasteiger partial charge in [-0.1, -0.05) is 42.5 Å². The van der Waals surface area contributed by atoms with E-state index in [-0.39, 0.29) is 19.3 Å². The lowest BCUT2D eigenvalue weighted by molar-refractivity contribution is 0.115. The van der Waals surface area contributed by atoms with Crippen molar-refractivity contribution in [3.05, 3.63) is 48.0 Å². The van der Waals surface area contributed by atoms with Crippen LogP contribution in [0.5, 0.6) is 0 Å². The summed E-state index contributed by atoms with van der Waals surface area (Å²) in [4.78, 5) is 2.10. The van der Waals surface area contributed by atoms with Gasteiger partial charge < -0.3 is 10.2 Å². The summed E-state index contributed by atoms with van der Waals surface area (Å²) in [6, 6.07) is 14.6. The van der Waals surface area contributed by atoms with Crippen LogP contribution in [0.15, 0.2) is 42.5 Å². The third-order valence-corrected chi connectivity index (χ3v) is 3.60. The molecule has 0 aromatic heterocycles. The minimum Gasteiger partial charge on any atom is -0.396 e. The number of hydrogen-bond donors (Lipinski definition) is 2. The quantitative estimate of drug-likeness (QED) is 0.834. The first-order valence-corrected chi connectivity index (χ1v) is 6.65. The van der Waals surface area contributed by atoms with E-state index < -0.39 is 0 Å². The van der Waals surface area contributed by atoms with E-state index in [2.05, 4.69) is 35.2 Å². The third-order valence-electron chi connectivity index (χ3n) is 3.60. The predicted octanol–water partition coefficient (Wildman–Crippen LogP) is 2.01. The molecule has 0 amide bonds. The highest BCUT2D eigenvalue weighted by Gasteiger charge is 2.14. The molecular formula is C16H21NO2. The molecule has 3 nitrogen and oxygen atoms in total. The summed E-state index contributed by atoms with van der Waals surface area (Å²) >= 11 is 0. The zero-order valence-electron chi connectivity index (χ0n) is 11.3. The fraction of sp³-hybridized carbons (Fsp3) is 0.375. The van der Waals surface area contributed by atoms with Crippen molar-refractivity contribution in [3.63, 3.8) is 0 Å². The average Bonchev–Trinajstić information content (AvgIpc) is 2.45. The molecule has 0 bridgehead atoms. The van der Waals surface area contributed by atoms with Crippen LogP contribution in [0.25, 0.3) is 10.8 Å². The maximum Gasteiger partial charge on any atom is 0.0587 e. The molecule has 0 saturated carbocycles. The summed E-state index contributed by atoms with van der Waals surface area (Å²) < 4.78 is 0. The molecule has 3 heteroatoms. The molecule has 0 fully saturated rings. The normalized spacial score (nSPS) is 13.1. The van der Waals surface area contributed by atoms with Crippen molar-refractivity contribution < 1.29 is 10.2 Å². The number of rotatable bonds is 6. The van der Waals surface area contributed by atoms with E-state index in [1.165, 1.54) is 16.3 Å². The van der Waals surface area contributed by atoms with Gasteiger partial charge in [-0.2, -0.15) is 0 Å². The Hall–Kier alpha value is -1.42. The number of fused-ring (bicyclic) bond motifs is 1. The van der Waals surface area contributed by atoms with Crippen molar-refractivity contribution in [1.29, 1.82) is 0 Å². The third kappa shape index (κ3) is 3.32. The maximum atomic E-state index is 9.37. The summed E-state index contributed by atoms with van der Waals surface area (Å²) in [6.07, 6.45) is 0.595. The molecule has 2 rings (SSSR count). The Morgan fingerprint density at radius 2 is 1.79 bits per heavy atom. The van der Waals surface area contributed by atoms with Crippen LogP contribution in [-0.2, 0) is 6.54 Å². The smallest absolute Gasteiger partial charge is 0.0587 e. The minimum absolute atomic E-state index is 0.00367. The lowest BCUT2D eigenvalue weighted by atomic mass is 10.0. The van der Waals surface area contributed by atoms with Crippen molar-refractivity contribution in [2.24, 2.45) is 0 Å². The molecule has 2 aromatic carbocycles. The van der Waals surface area contributed by atoms with Gasteiger partial charge in [0.2, 0.25) is 0 Å². The van der Waals surface area contributed by atoms with Crippen molar-refractivity contribution >= 4 is 10.8 Å². The number of aliphatic hydroxyl groups is 2. The van der Waals surface area contributed by atoms with Crippen LogP contribution in [-0.4, -0.2) is 41.4 Å². The van der Waals surface area contributed by atoms with Gasteiger partial charge >= 0.3 is 0 Å². The lowest BCUT2D eigenvalue weighted by Gasteiger charge is -2.26. The van der Waals surface area contributed by atoms with Crippen LogP contribution >= 0.6 is 0 Å². The highest BCUT2D eigenvalue weighted by Crippen LogP contribution is 2.20. The van der Waals surface area contributed by atoms with Crippen LogP contribution in [0, 0.1) is 0 Å². The largest absolute Gasteiger partial charge is 0.396 e. The Labute approximate surface area is 114 Å². The molecule has 0 radical (unpaired) electrons. The summed E-state index contributed by atoms with van der Waals surface area (Å²) in [5, 5.41) is 20.9. The summed E-state index contributed by atoms with van der Waals surface area (Å²) in [5.41, 5.74) is 1.25. The van der Waals surface area contributed by atoms with Crippen LogP contribution in [0.4, 0.5) is 0 Å². The average molecular weight is 259 g/mol. The zero-order chi connectivity index (χ0) is 13.7. The number of benzene rings is 2. The first-order chi connectivity index (χ1) is 9.26. The molecule has 0 aliphatic heterocycles. The van der Waals surface area contributed by atoms with Crippen molar-refractivity contribution in [3.8, 4) is 0 Å². The van der Waals surface area contributed by atoms with Crippen LogP contribution < -0.4 is 0 Å². The summed E-state index contributed by atoms with van der Waals surface area (Å²) in [7, 11) is 1.98. The Bertz CT molecular complexity index is 522. The fourth-order valence-corrected chi connectivity index (χ4v) is 2.43. The summed E-state index contributed by atoms with van der Waals surface area (Å²) in [6.45, 7) is 0.944. The van der Waals surface area contributed by atoms with Gasteiger partial charge in [-0.05, 0) is 29.8 Å². The number of aliphatic hydroxyl groups excluding tert-OH is 2. The molecule has 1 unspecified atom stereocenters.